The molecule has 0 unspecified atom stereocenters. The van der Waals surface area contributed by atoms with Crippen molar-refractivity contribution in [3.8, 4) is 0 Å². The number of carbonyl (C=O) groups is 1. The molecule has 0 aliphatic carbocycles. The standard InChI is InChI=1S/C24H26ClF2N7O/c1-15-16(24(35)34-21(29-30-31-34)14-32-9-3-2-4-10-32)12-28-20-6-5-11-33(23(15)20)13-17-18(26)7-8-19(27)22(17)25/h7-8,12H,2-6,9-11,13-14H2,1H3. The number of aryl methyl sites for hydroxylation is 1. The Balaban J connectivity index is 1.46. The van der Waals surface area contributed by atoms with E-state index in [0.717, 1.165) is 62.3 Å². The molecule has 8 nitrogen and oxygen atoms in total. The van der Waals surface area contributed by atoms with E-state index in [-0.39, 0.29) is 23.0 Å². The maximum Gasteiger partial charge on any atom is 0.283 e. The minimum Gasteiger partial charge on any atom is -0.365 e. The zero-order chi connectivity index (χ0) is 24.5. The van der Waals surface area contributed by atoms with Gasteiger partial charge >= 0.3 is 0 Å². The Hall–Kier alpha value is -2.98. The molecule has 3 aromatic rings. The summed E-state index contributed by atoms with van der Waals surface area (Å²) in [6, 6.07) is 2.09. The molecule has 0 atom stereocenters. The van der Waals surface area contributed by atoms with Gasteiger partial charge in [0.25, 0.3) is 5.91 Å². The molecule has 2 aromatic heterocycles. The van der Waals surface area contributed by atoms with Gasteiger partial charge in [-0.2, -0.15) is 4.68 Å². The van der Waals surface area contributed by atoms with Crippen LogP contribution in [0.5, 0.6) is 0 Å². The molecule has 0 N–H and O–H groups in total. The van der Waals surface area contributed by atoms with Crippen LogP contribution in [0.3, 0.4) is 0 Å². The normalized spacial score (nSPS) is 16.4. The molecular formula is C24H26ClF2N7O. The maximum absolute atomic E-state index is 14.5. The molecule has 11 heteroatoms. The summed E-state index contributed by atoms with van der Waals surface area (Å²) in [6.07, 6.45) is 6.54. The second-order valence-corrected chi connectivity index (χ2v) is 9.47. The SMILES string of the molecule is Cc1c(C(=O)n2nnnc2CN2CCCCC2)cnc2c1N(Cc1c(F)ccc(F)c1Cl)CCC2. The van der Waals surface area contributed by atoms with Gasteiger partial charge in [0, 0.05) is 24.8 Å². The first-order valence-corrected chi connectivity index (χ1v) is 12.2. The molecule has 0 saturated carbocycles. The van der Waals surface area contributed by atoms with Crippen molar-refractivity contribution in [1.29, 1.82) is 0 Å². The van der Waals surface area contributed by atoms with Gasteiger partial charge in [0.05, 0.1) is 28.5 Å². The van der Waals surface area contributed by atoms with Crippen molar-refractivity contribution in [1.82, 2.24) is 30.1 Å². The van der Waals surface area contributed by atoms with Crippen LogP contribution in [0.4, 0.5) is 14.5 Å². The lowest BCUT2D eigenvalue weighted by Crippen LogP contribution is -2.33. The van der Waals surface area contributed by atoms with E-state index in [2.05, 4.69) is 25.4 Å². The number of rotatable bonds is 5. The van der Waals surface area contributed by atoms with E-state index in [0.29, 0.717) is 30.0 Å². The number of hydrogen-bond acceptors (Lipinski definition) is 7. The summed E-state index contributed by atoms with van der Waals surface area (Å²) >= 11 is 6.09. The van der Waals surface area contributed by atoms with Crippen LogP contribution < -0.4 is 4.90 Å². The molecule has 5 rings (SSSR count). The van der Waals surface area contributed by atoms with Crippen molar-refractivity contribution < 1.29 is 13.6 Å². The first-order chi connectivity index (χ1) is 16.9. The highest BCUT2D eigenvalue weighted by Gasteiger charge is 2.28. The van der Waals surface area contributed by atoms with Gasteiger partial charge in [0.15, 0.2) is 5.82 Å². The Labute approximate surface area is 206 Å². The van der Waals surface area contributed by atoms with Crippen LogP contribution in [-0.2, 0) is 19.5 Å². The van der Waals surface area contributed by atoms with Crippen LogP contribution in [0.1, 0.15) is 58.7 Å². The Bertz CT molecular complexity index is 1260. The molecule has 0 bridgehead atoms. The van der Waals surface area contributed by atoms with Crippen molar-refractivity contribution >= 4 is 23.2 Å². The Morgan fingerprint density at radius 3 is 2.63 bits per heavy atom. The van der Waals surface area contributed by atoms with E-state index in [1.165, 1.54) is 11.1 Å². The van der Waals surface area contributed by atoms with Gasteiger partial charge in [0.2, 0.25) is 0 Å². The number of halogens is 3. The minimum atomic E-state index is -0.668. The third kappa shape index (κ3) is 4.64. The fourth-order valence-electron chi connectivity index (χ4n) is 4.97. The molecule has 0 spiro atoms. The number of hydrogen-bond donors (Lipinski definition) is 0. The number of piperidine rings is 1. The van der Waals surface area contributed by atoms with E-state index >= 15 is 0 Å². The van der Waals surface area contributed by atoms with E-state index in [1.54, 1.807) is 6.20 Å². The first-order valence-electron chi connectivity index (χ1n) is 11.8. The summed E-state index contributed by atoms with van der Waals surface area (Å²) in [5, 5.41) is 11.6. The Morgan fingerprint density at radius 2 is 1.83 bits per heavy atom. The monoisotopic (exact) mass is 501 g/mol. The van der Waals surface area contributed by atoms with Crippen molar-refractivity contribution in [2.75, 3.05) is 24.5 Å². The molecule has 184 valence electrons. The summed E-state index contributed by atoms with van der Waals surface area (Å²) in [5.74, 6) is -1.12. The number of likely N-dealkylation sites (tertiary alicyclic amines) is 1. The zero-order valence-electron chi connectivity index (χ0n) is 19.5. The van der Waals surface area contributed by atoms with Crippen molar-refractivity contribution in [2.24, 2.45) is 0 Å². The molecule has 4 heterocycles. The van der Waals surface area contributed by atoms with Gasteiger partial charge < -0.3 is 4.90 Å². The van der Waals surface area contributed by atoms with Gasteiger partial charge in [-0.3, -0.25) is 14.7 Å². The van der Waals surface area contributed by atoms with Gasteiger partial charge in [-0.25, -0.2) is 8.78 Å². The number of benzene rings is 1. The van der Waals surface area contributed by atoms with Crippen molar-refractivity contribution in [3.05, 3.63) is 63.2 Å². The molecule has 35 heavy (non-hydrogen) atoms. The van der Waals surface area contributed by atoms with Crippen LogP contribution in [0.2, 0.25) is 5.02 Å². The smallest absolute Gasteiger partial charge is 0.283 e. The molecule has 2 aliphatic rings. The zero-order valence-corrected chi connectivity index (χ0v) is 20.2. The fourth-order valence-corrected chi connectivity index (χ4v) is 5.18. The van der Waals surface area contributed by atoms with Crippen molar-refractivity contribution in [2.45, 2.75) is 52.1 Å². The van der Waals surface area contributed by atoms with Gasteiger partial charge in [-0.05, 0) is 73.8 Å². The van der Waals surface area contributed by atoms with Gasteiger partial charge in [-0.15, -0.1) is 5.10 Å². The predicted molar refractivity (Wildman–Crippen MR) is 126 cm³/mol. The number of carbonyl (C=O) groups excluding carboxylic acids is 1. The number of anilines is 1. The summed E-state index contributed by atoms with van der Waals surface area (Å²) in [6.45, 7) is 4.92. The number of pyridine rings is 1. The summed E-state index contributed by atoms with van der Waals surface area (Å²) in [7, 11) is 0. The Kier molecular flexibility index (Phi) is 6.75. The van der Waals surface area contributed by atoms with Crippen LogP contribution in [0, 0.1) is 18.6 Å². The maximum atomic E-state index is 14.5. The van der Waals surface area contributed by atoms with E-state index in [4.69, 9.17) is 11.6 Å². The number of nitrogens with zero attached hydrogens (tertiary/aromatic N) is 7. The predicted octanol–water partition coefficient (Wildman–Crippen LogP) is 3.94. The van der Waals surface area contributed by atoms with E-state index in [1.807, 2.05) is 11.8 Å². The third-order valence-corrected chi connectivity index (χ3v) is 7.21. The van der Waals surface area contributed by atoms with Crippen LogP contribution in [0.25, 0.3) is 0 Å². The van der Waals surface area contributed by atoms with Crippen molar-refractivity contribution in [3.63, 3.8) is 0 Å². The lowest BCUT2D eigenvalue weighted by Gasteiger charge is -2.33. The fraction of sp³-hybridized carbons (Fsp3) is 0.458. The molecule has 1 fully saturated rings. The summed E-state index contributed by atoms with van der Waals surface area (Å²) in [5.41, 5.74) is 2.71. The van der Waals surface area contributed by atoms with Crippen LogP contribution in [-0.4, -0.2) is 55.6 Å². The molecule has 1 aromatic carbocycles. The largest absolute Gasteiger partial charge is 0.365 e. The third-order valence-electron chi connectivity index (χ3n) is 6.80. The van der Waals surface area contributed by atoms with Crippen LogP contribution in [0.15, 0.2) is 18.3 Å². The second kappa shape index (κ2) is 9.94. The number of tetrazole rings is 1. The van der Waals surface area contributed by atoms with Gasteiger partial charge in [0.1, 0.15) is 11.6 Å². The highest BCUT2D eigenvalue weighted by Crippen LogP contribution is 2.34. The van der Waals surface area contributed by atoms with Crippen LogP contribution >= 0.6 is 11.6 Å². The van der Waals surface area contributed by atoms with Gasteiger partial charge in [-0.1, -0.05) is 18.0 Å². The topological polar surface area (TPSA) is 80.0 Å². The quantitative estimate of drug-likeness (QED) is 0.387. The van der Waals surface area contributed by atoms with E-state index in [9.17, 15) is 13.6 Å². The summed E-state index contributed by atoms with van der Waals surface area (Å²) in [4.78, 5) is 22.2. The lowest BCUT2D eigenvalue weighted by atomic mass is 9.99. The summed E-state index contributed by atoms with van der Waals surface area (Å²) < 4.78 is 29.8. The molecule has 0 amide bonds. The lowest BCUT2D eigenvalue weighted by molar-refractivity contribution is 0.0932. The molecule has 1 saturated heterocycles. The minimum absolute atomic E-state index is 0.0701. The Morgan fingerprint density at radius 1 is 1.06 bits per heavy atom. The molecule has 0 radical (unpaired) electrons. The highest BCUT2D eigenvalue weighted by atomic mass is 35.5. The average molecular weight is 502 g/mol. The second-order valence-electron chi connectivity index (χ2n) is 9.09. The highest BCUT2D eigenvalue weighted by molar-refractivity contribution is 6.31. The van der Waals surface area contributed by atoms with E-state index < -0.39 is 11.6 Å². The average Bonchev–Trinajstić information content (AvgIpc) is 3.33. The molecular weight excluding hydrogens is 476 g/mol. The first kappa shape index (κ1) is 23.7. The number of fused-ring (bicyclic) bond motifs is 1. The molecule has 2 aliphatic heterocycles. The number of aromatic nitrogens is 5.